The molecule has 3 nitrogen and oxygen atoms in total. The van der Waals surface area contributed by atoms with E-state index in [-0.39, 0.29) is 12.3 Å². The van der Waals surface area contributed by atoms with E-state index < -0.39 is 0 Å². The molecular formula is C26H29NO2. The Balaban J connectivity index is 1.92. The standard InChI is InChI=1S/C26H29NO2/c1-28-26(29-2)25(19-18-22-12-6-3-7-13-22)27(20-23-14-8-4-9-15-23)21-24-16-10-5-11-17-24/h3-19,25-26H,20-21H2,1-2H3/b19-18+. The molecule has 3 aromatic rings. The van der Waals surface area contributed by atoms with Crippen molar-refractivity contribution in [2.45, 2.75) is 25.4 Å². The summed E-state index contributed by atoms with van der Waals surface area (Å²) in [4.78, 5) is 2.39. The van der Waals surface area contributed by atoms with Gasteiger partial charge in [0.05, 0.1) is 6.04 Å². The van der Waals surface area contributed by atoms with Crippen molar-refractivity contribution in [3.8, 4) is 0 Å². The maximum Gasteiger partial charge on any atom is 0.175 e. The summed E-state index contributed by atoms with van der Waals surface area (Å²) in [5.74, 6) is 0. The summed E-state index contributed by atoms with van der Waals surface area (Å²) in [5.41, 5.74) is 3.67. The van der Waals surface area contributed by atoms with Gasteiger partial charge < -0.3 is 9.47 Å². The first-order valence-electron chi connectivity index (χ1n) is 9.91. The van der Waals surface area contributed by atoms with Gasteiger partial charge in [0, 0.05) is 27.3 Å². The highest BCUT2D eigenvalue weighted by Crippen LogP contribution is 2.19. The Bertz CT molecular complexity index is 804. The molecule has 3 rings (SSSR count). The lowest BCUT2D eigenvalue weighted by Gasteiger charge is -2.34. The smallest absolute Gasteiger partial charge is 0.175 e. The average molecular weight is 388 g/mol. The maximum absolute atomic E-state index is 5.69. The van der Waals surface area contributed by atoms with Crippen LogP contribution in [0.15, 0.2) is 97.1 Å². The molecule has 0 amide bonds. The third-order valence-corrected chi connectivity index (χ3v) is 4.91. The van der Waals surface area contributed by atoms with Crippen LogP contribution in [0.3, 0.4) is 0 Å². The highest BCUT2D eigenvalue weighted by molar-refractivity contribution is 5.49. The summed E-state index contributed by atoms with van der Waals surface area (Å²) in [7, 11) is 3.39. The molecule has 0 aliphatic rings. The number of hydrogen-bond acceptors (Lipinski definition) is 3. The van der Waals surface area contributed by atoms with E-state index in [2.05, 4.69) is 77.7 Å². The van der Waals surface area contributed by atoms with E-state index in [1.54, 1.807) is 14.2 Å². The van der Waals surface area contributed by atoms with Crippen LogP contribution in [0, 0.1) is 0 Å². The van der Waals surface area contributed by atoms with E-state index in [0.717, 1.165) is 18.7 Å². The van der Waals surface area contributed by atoms with E-state index in [1.807, 2.05) is 30.3 Å². The van der Waals surface area contributed by atoms with E-state index in [1.165, 1.54) is 11.1 Å². The second-order valence-corrected chi connectivity index (χ2v) is 6.98. The number of rotatable bonds is 10. The molecule has 0 spiro atoms. The van der Waals surface area contributed by atoms with Crippen LogP contribution < -0.4 is 0 Å². The number of benzene rings is 3. The van der Waals surface area contributed by atoms with Gasteiger partial charge in [0.25, 0.3) is 0 Å². The van der Waals surface area contributed by atoms with Crippen molar-refractivity contribution in [1.82, 2.24) is 4.90 Å². The van der Waals surface area contributed by atoms with Crippen molar-refractivity contribution in [2.75, 3.05) is 14.2 Å². The first kappa shape index (κ1) is 21.0. The van der Waals surface area contributed by atoms with Gasteiger partial charge >= 0.3 is 0 Å². The van der Waals surface area contributed by atoms with Crippen LogP contribution in [-0.2, 0) is 22.6 Å². The first-order valence-corrected chi connectivity index (χ1v) is 9.91. The molecule has 0 bridgehead atoms. The third kappa shape index (κ3) is 6.40. The quantitative estimate of drug-likeness (QED) is 0.435. The molecule has 0 saturated carbocycles. The van der Waals surface area contributed by atoms with Gasteiger partial charge in [0.15, 0.2) is 6.29 Å². The first-order chi connectivity index (χ1) is 14.3. The SMILES string of the molecule is COC(OC)C(/C=C/c1ccccc1)N(Cc1ccccc1)Cc1ccccc1. The van der Waals surface area contributed by atoms with E-state index in [0.29, 0.717) is 0 Å². The predicted octanol–water partition coefficient (Wildman–Crippen LogP) is 5.39. The Morgan fingerprint density at radius 2 is 1.14 bits per heavy atom. The van der Waals surface area contributed by atoms with Gasteiger partial charge in [0.2, 0.25) is 0 Å². The van der Waals surface area contributed by atoms with Gasteiger partial charge in [-0.25, -0.2) is 0 Å². The summed E-state index contributed by atoms with van der Waals surface area (Å²) in [6.07, 6.45) is 3.94. The van der Waals surface area contributed by atoms with Crippen LogP contribution in [0.1, 0.15) is 16.7 Å². The number of ether oxygens (including phenoxy) is 2. The number of nitrogens with zero attached hydrogens (tertiary/aromatic N) is 1. The molecule has 0 aliphatic carbocycles. The van der Waals surface area contributed by atoms with Crippen molar-refractivity contribution in [1.29, 1.82) is 0 Å². The lowest BCUT2D eigenvalue weighted by molar-refractivity contribution is -0.138. The molecule has 150 valence electrons. The molecule has 0 saturated heterocycles. The van der Waals surface area contributed by atoms with Crippen molar-refractivity contribution < 1.29 is 9.47 Å². The molecule has 0 radical (unpaired) electrons. The van der Waals surface area contributed by atoms with Crippen LogP contribution in [0.4, 0.5) is 0 Å². The highest BCUT2D eigenvalue weighted by atomic mass is 16.7. The largest absolute Gasteiger partial charge is 0.354 e. The molecule has 3 heteroatoms. The molecule has 0 aromatic heterocycles. The minimum atomic E-state index is -0.373. The zero-order valence-corrected chi connectivity index (χ0v) is 17.1. The van der Waals surface area contributed by atoms with Crippen LogP contribution in [0.25, 0.3) is 6.08 Å². The van der Waals surface area contributed by atoms with Gasteiger partial charge in [-0.1, -0.05) is 103 Å². The highest BCUT2D eigenvalue weighted by Gasteiger charge is 2.26. The molecule has 29 heavy (non-hydrogen) atoms. The summed E-state index contributed by atoms with van der Waals surface area (Å²) in [6.45, 7) is 1.59. The molecule has 3 aromatic carbocycles. The van der Waals surface area contributed by atoms with Gasteiger partial charge in [-0.2, -0.15) is 0 Å². The van der Waals surface area contributed by atoms with Gasteiger partial charge in [-0.3, -0.25) is 4.90 Å². The molecule has 0 N–H and O–H groups in total. The molecule has 0 aliphatic heterocycles. The normalized spacial score (nSPS) is 12.7. The Kier molecular flexibility index (Phi) is 8.20. The van der Waals surface area contributed by atoms with E-state index >= 15 is 0 Å². The minimum Gasteiger partial charge on any atom is -0.354 e. The molecule has 1 unspecified atom stereocenters. The van der Waals surface area contributed by atoms with Crippen LogP contribution in [0.2, 0.25) is 0 Å². The van der Waals surface area contributed by atoms with Crippen LogP contribution in [0.5, 0.6) is 0 Å². The summed E-state index contributed by atoms with van der Waals surface area (Å²) in [6, 6.07) is 31.3. The fourth-order valence-corrected chi connectivity index (χ4v) is 3.44. The Morgan fingerprint density at radius 1 is 0.690 bits per heavy atom. The fourth-order valence-electron chi connectivity index (χ4n) is 3.44. The molecular weight excluding hydrogens is 358 g/mol. The van der Waals surface area contributed by atoms with Gasteiger partial charge in [-0.15, -0.1) is 0 Å². The fraction of sp³-hybridized carbons (Fsp3) is 0.231. The zero-order chi connectivity index (χ0) is 20.3. The lowest BCUT2D eigenvalue weighted by atomic mass is 10.1. The summed E-state index contributed by atoms with van der Waals surface area (Å²) < 4.78 is 11.4. The Morgan fingerprint density at radius 3 is 1.59 bits per heavy atom. The number of hydrogen-bond donors (Lipinski definition) is 0. The average Bonchev–Trinajstić information content (AvgIpc) is 2.78. The van der Waals surface area contributed by atoms with Gasteiger partial charge in [-0.05, 0) is 16.7 Å². The molecule has 0 heterocycles. The lowest BCUT2D eigenvalue weighted by Crippen LogP contribution is -2.43. The van der Waals surface area contributed by atoms with Crippen molar-refractivity contribution in [2.24, 2.45) is 0 Å². The number of methoxy groups -OCH3 is 2. The predicted molar refractivity (Wildman–Crippen MR) is 119 cm³/mol. The Hall–Kier alpha value is -2.72. The molecule has 1 atom stereocenters. The monoisotopic (exact) mass is 387 g/mol. The summed E-state index contributed by atoms with van der Waals surface area (Å²) in [5, 5.41) is 0. The topological polar surface area (TPSA) is 21.7 Å². The van der Waals surface area contributed by atoms with E-state index in [9.17, 15) is 0 Å². The van der Waals surface area contributed by atoms with Crippen molar-refractivity contribution in [3.63, 3.8) is 0 Å². The summed E-state index contributed by atoms with van der Waals surface area (Å²) >= 11 is 0. The van der Waals surface area contributed by atoms with Crippen LogP contribution >= 0.6 is 0 Å². The van der Waals surface area contributed by atoms with E-state index in [4.69, 9.17) is 9.47 Å². The second kappa shape index (κ2) is 11.3. The second-order valence-electron chi connectivity index (χ2n) is 6.98. The molecule has 0 fully saturated rings. The minimum absolute atomic E-state index is 0.0504. The van der Waals surface area contributed by atoms with Crippen molar-refractivity contribution >= 4 is 6.08 Å². The maximum atomic E-state index is 5.69. The third-order valence-electron chi connectivity index (χ3n) is 4.91. The van der Waals surface area contributed by atoms with Crippen LogP contribution in [-0.4, -0.2) is 31.5 Å². The Labute approximate surface area is 174 Å². The van der Waals surface area contributed by atoms with Gasteiger partial charge in [0.1, 0.15) is 0 Å². The van der Waals surface area contributed by atoms with Crippen molar-refractivity contribution in [3.05, 3.63) is 114 Å². The zero-order valence-electron chi connectivity index (χ0n) is 17.1.